The Bertz CT molecular complexity index is 1060. The molecule has 0 aromatic carbocycles. The highest BCUT2D eigenvalue weighted by Gasteiger charge is 2.59. The van der Waals surface area contributed by atoms with Crippen molar-refractivity contribution in [1.82, 2.24) is 4.90 Å². The molecule has 8 atom stereocenters. The van der Waals surface area contributed by atoms with Gasteiger partial charge < -0.3 is 21.1 Å². The first-order valence-electron chi connectivity index (χ1n) is 21.0. The van der Waals surface area contributed by atoms with E-state index in [4.69, 9.17) is 16.2 Å². The number of rotatable bonds is 17. The van der Waals surface area contributed by atoms with Gasteiger partial charge in [0.15, 0.2) is 0 Å². The van der Waals surface area contributed by atoms with Crippen molar-refractivity contribution >= 4 is 17.7 Å². The molecule has 0 aromatic heterocycles. The van der Waals surface area contributed by atoms with Crippen LogP contribution >= 0.6 is 11.6 Å². The van der Waals surface area contributed by atoms with Crippen LogP contribution in [0.25, 0.3) is 0 Å². The Labute approximate surface area is 315 Å². The number of ether oxygens (including phenoxy) is 1. The number of nitrogens with zero attached hydrogens (tertiary/aromatic N) is 1. The van der Waals surface area contributed by atoms with Crippen LogP contribution in [0, 0.1) is 46.3 Å². The van der Waals surface area contributed by atoms with Gasteiger partial charge in [0.05, 0.1) is 0 Å². The summed E-state index contributed by atoms with van der Waals surface area (Å²) in [7, 11) is 0. The molecule has 0 aliphatic heterocycles. The van der Waals surface area contributed by atoms with Gasteiger partial charge in [-0.15, -0.1) is 11.6 Å². The van der Waals surface area contributed by atoms with Crippen molar-refractivity contribution in [3.8, 4) is 0 Å². The number of alkyl halides is 1. The van der Waals surface area contributed by atoms with Gasteiger partial charge in [0.25, 0.3) is 0 Å². The second-order valence-corrected chi connectivity index (χ2v) is 19.8. The Morgan fingerprint density at radius 1 is 0.860 bits per heavy atom. The predicted molar refractivity (Wildman–Crippen MR) is 216 cm³/mol. The van der Waals surface area contributed by atoms with Gasteiger partial charge in [-0.2, -0.15) is 0 Å². The molecule has 8 unspecified atom stereocenters. The molecule has 4 rings (SSSR count). The van der Waals surface area contributed by atoms with Crippen LogP contribution in [0.15, 0.2) is 11.6 Å². The van der Waals surface area contributed by atoms with Crippen LogP contribution in [0.5, 0.6) is 0 Å². The molecular weight excluding hydrogens is 638 g/mol. The summed E-state index contributed by atoms with van der Waals surface area (Å²) in [5, 5.41) is 0. The van der Waals surface area contributed by atoms with Crippen molar-refractivity contribution in [2.45, 2.75) is 195 Å². The van der Waals surface area contributed by atoms with Crippen LogP contribution in [0.1, 0.15) is 178 Å². The fourth-order valence-corrected chi connectivity index (χ4v) is 11.1. The maximum atomic E-state index is 13.6. The van der Waals surface area contributed by atoms with Crippen molar-refractivity contribution in [1.29, 1.82) is 0 Å². The third-order valence-electron chi connectivity index (χ3n) is 14.1. The number of hydrogen-bond acceptors (Lipinski definition) is 4. The van der Waals surface area contributed by atoms with Crippen molar-refractivity contribution < 1.29 is 9.53 Å². The SMILES string of the molecule is CC(C)CCCC(C)C1CCC2C3CC=C4CC(OC(=O)N(CCCCCCCC(C)(C)N)CCC(C)(C)N)CCC4(C)C3CCC12C.CCl. The average molecular weight is 721 g/mol. The number of allylic oxidation sites excluding steroid dienone is 1. The van der Waals surface area contributed by atoms with E-state index in [0.717, 1.165) is 87.0 Å². The average Bonchev–Trinajstić information content (AvgIpc) is 3.39. The lowest BCUT2D eigenvalue weighted by Crippen LogP contribution is -2.51. The molecule has 0 spiro atoms. The van der Waals surface area contributed by atoms with E-state index in [9.17, 15) is 4.79 Å². The van der Waals surface area contributed by atoms with Crippen LogP contribution < -0.4 is 11.5 Å². The molecule has 1 amide bonds. The molecule has 0 heterocycles. The molecule has 4 aliphatic rings. The standard InChI is InChI=1S/C43H79N3O2.CH3Cl/c1-31(2)16-15-17-32(3)36-20-21-37-35-19-18-33-30-34(22-25-42(33,8)38(35)23-26-43(36,37)9)48-39(47)46(29-27-41(6,7)45)28-14-12-10-11-13-24-40(4,5)44;1-2/h18,31-32,34-38H,10-17,19-30,44-45H2,1-9H3;1H3. The lowest BCUT2D eigenvalue weighted by molar-refractivity contribution is -0.0594. The summed E-state index contributed by atoms with van der Waals surface area (Å²) in [6.45, 7) is 22.3. The van der Waals surface area contributed by atoms with E-state index in [1.165, 1.54) is 77.0 Å². The summed E-state index contributed by atoms with van der Waals surface area (Å²) < 4.78 is 6.35. The van der Waals surface area contributed by atoms with E-state index in [1.807, 2.05) is 18.7 Å². The zero-order chi connectivity index (χ0) is 37.3. The molecule has 0 bridgehead atoms. The van der Waals surface area contributed by atoms with Gasteiger partial charge >= 0.3 is 6.09 Å². The summed E-state index contributed by atoms with van der Waals surface area (Å²) in [4.78, 5) is 15.6. The summed E-state index contributed by atoms with van der Waals surface area (Å²) in [6, 6.07) is 0. The summed E-state index contributed by atoms with van der Waals surface area (Å²) >= 11 is 4.64. The van der Waals surface area contributed by atoms with Gasteiger partial charge in [-0.1, -0.05) is 91.2 Å². The largest absolute Gasteiger partial charge is 0.446 e. The number of carbonyl (C=O) groups excluding carboxylic acids is 1. The smallest absolute Gasteiger partial charge is 0.410 e. The Balaban J connectivity index is 0.00000332. The maximum absolute atomic E-state index is 13.6. The minimum Gasteiger partial charge on any atom is -0.446 e. The van der Waals surface area contributed by atoms with E-state index in [0.29, 0.717) is 12.0 Å². The Kier molecular flexibility index (Phi) is 16.6. The lowest BCUT2D eigenvalue weighted by atomic mass is 9.47. The molecule has 5 nitrogen and oxygen atoms in total. The number of unbranched alkanes of at least 4 members (excludes halogenated alkanes) is 4. The van der Waals surface area contributed by atoms with Crippen molar-refractivity contribution in [2.24, 2.45) is 57.8 Å². The molecule has 0 aromatic rings. The Hall–Kier alpha value is -0.780. The monoisotopic (exact) mass is 720 g/mol. The number of amides is 1. The van der Waals surface area contributed by atoms with Gasteiger partial charge in [-0.05, 0) is 138 Å². The van der Waals surface area contributed by atoms with Gasteiger partial charge in [-0.25, -0.2) is 4.79 Å². The normalized spacial score (nSPS) is 31.5. The second kappa shape index (κ2) is 19.0. The second-order valence-electron chi connectivity index (χ2n) is 19.8. The van der Waals surface area contributed by atoms with Crippen LogP contribution in [0.3, 0.4) is 0 Å². The number of halogens is 1. The highest BCUT2D eigenvalue weighted by molar-refractivity contribution is 6.15. The van der Waals surface area contributed by atoms with Crippen LogP contribution in [0.4, 0.5) is 4.79 Å². The molecule has 50 heavy (non-hydrogen) atoms. The lowest BCUT2D eigenvalue weighted by Gasteiger charge is -2.58. The number of hydrogen-bond donors (Lipinski definition) is 2. The molecule has 4 N–H and O–H groups in total. The molecule has 3 fully saturated rings. The number of nitrogens with two attached hydrogens (primary N) is 2. The van der Waals surface area contributed by atoms with Crippen molar-refractivity contribution in [3.05, 3.63) is 11.6 Å². The Morgan fingerprint density at radius 3 is 2.18 bits per heavy atom. The van der Waals surface area contributed by atoms with Crippen molar-refractivity contribution in [3.63, 3.8) is 0 Å². The molecular formula is C44H82ClN3O2. The summed E-state index contributed by atoms with van der Waals surface area (Å²) in [6.07, 6.45) is 25.7. The van der Waals surface area contributed by atoms with E-state index in [2.05, 4.69) is 66.1 Å². The first-order chi connectivity index (χ1) is 23.4. The van der Waals surface area contributed by atoms with Crippen LogP contribution in [-0.2, 0) is 4.74 Å². The van der Waals surface area contributed by atoms with E-state index in [1.54, 1.807) is 5.57 Å². The fourth-order valence-electron chi connectivity index (χ4n) is 11.1. The van der Waals surface area contributed by atoms with Crippen LogP contribution in [-0.4, -0.2) is 47.6 Å². The first-order valence-corrected chi connectivity index (χ1v) is 21.8. The topological polar surface area (TPSA) is 81.6 Å². The van der Waals surface area contributed by atoms with Crippen molar-refractivity contribution in [2.75, 3.05) is 19.5 Å². The zero-order valence-electron chi connectivity index (χ0n) is 34.6. The minimum absolute atomic E-state index is 0.00205. The molecule has 6 heteroatoms. The first kappa shape index (κ1) is 43.6. The summed E-state index contributed by atoms with van der Waals surface area (Å²) in [5.74, 6) is 5.09. The molecule has 4 aliphatic carbocycles. The van der Waals surface area contributed by atoms with E-state index >= 15 is 0 Å². The predicted octanol–water partition coefficient (Wildman–Crippen LogP) is 11.9. The molecule has 0 radical (unpaired) electrons. The van der Waals surface area contributed by atoms with Crippen LogP contribution in [0.2, 0.25) is 0 Å². The number of fused-ring (bicyclic) bond motifs is 5. The molecule has 292 valence electrons. The minimum atomic E-state index is -0.301. The summed E-state index contributed by atoms with van der Waals surface area (Å²) in [5.41, 5.74) is 14.5. The van der Waals surface area contributed by atoms with Gasteiger partial charge in [0, 0.05) is 37.0 Å². The van der Waals surface area contributed by atoms with Gasteiger partial charge in [0.1, 0.15) is 6.10 Å². The molecule has 3 saturated carbocycles. The third-order valence-corrected chi connectivity index (χ3v) is 14.1. The quantitative estimate of drug-likeness (QED) is 0.0890. The van der Waals surface area contributed by atoms with E-state index < -0.39 is 0 Å². The van der Waals surface area contributed by atoms with Gasteiger partial charge in [0.2, 0.25) is 0 Å². The highest BCUT2D eigenvalue weighted by atomic mass is 35.5. The maximum Gasteiger partial charge on any atom is 0.410 e. The highest BCUT2D eigenvalue weighted by Crippen LogP contribution is 2.67. The van der Waals surface area contributed by atoms with E-state index in [-0.39, 0.29) is 28.7 Å². The van der Waals surface area contributed by atoms with Gasteiger partial charge in [-0.3, -0.25) is 0 Å². The fraction of sp³-hybridized carbons (Fsp3) is 0.932. The Morgan fingerprint density at radius 2 is 1.52 bits per heavy atom. The molecule has 0 saturated heterocycles. The number of carbonyl (C=O) groups is 1. The zero-order valence-corrected chi connectivity index (χ0v) is 35.3. The third kappa shape index (κ3) is 11.9.